The topological polar surface area (TPSA) is 104 Å². The van der Waals surface area contributed by atoms with E-state index in [1.165, 1.54) is 11.0 Å². The van der Waals surface area contributed by atoms with E-state index in [0.717, 1.165) is 24.4 Å². The number of imide groups is 1. The number of anilines is 2. The van der Waals surface area contributed by atoms with Crippen molar-refractivity contribution >= 4 is 34.8 Å². The molecule has 8 nitrogen and oxygen atoms in total. The van der Waals surface area contributed by atoms with E-state index in [0.29, 0.717) is 47.6 Å². The van der Waals surface area contributed by atoms with Crippen LogP contribution < -0.4 is 9.80 Å². The molecule has 0 spiro atoms. The van der Waals surface area contributed by atoms with Crippen molar-refractivity contribution in [3.63, 3.8) is 0 Å². The van der Waals surface area contributed by atoms with Crippen LogP contribution in [0.2, 0.25) is 0 Å². The molecule has 1 N–H and O–H groups in total. The van der Waals surface area contributed by atoms with Gasteiger partial charge in [0.15, 0.2) is 11.6 Å². The van der Waals surface area contributed by atoms with Gasteiger partial charge in [0.2, 0.25) is 11.8 Å². The van der Waals surface area contributed by atoms with Gasteiger partial charge < -0.3 is 14.7 Å². The molecular formula is C33H30N2O6. The van der Waals surface area contributed by atoms with Crippen molar-refractivity contribution in [2.24, 2.45) is 17.8 Å². The molecule has 4 atom stereocenters. The Morgan fingerprint density at radius 2 is 1.59 bits per heavy atom. The van der Waals surface area contributed by atoms with Crippen molar-refractivity contribution in [3.05, 3.63) is 88.5 Å². The molecule has 0 aromatic heterocycles. The molecule has 2 amide bonds. The molecule has 2 aromatic carbocycles. The normalized spacial score (nSPS) is 27.8. The number of carbonyl (C=O) groups excluding carboxylic acids is 4. The second-order valence-corrected chi connectivity index (χ2v) is 11.4. The highest BCUT2D eigenvalue weighted by atomic mass is 16.5. The number of Topliss-reactive ketones (excluding diaryl/α,β-unsaturated/α-hetero) is 1. The summed E-state index contributed by atoms with van der Waals surface area (Å²) in [6.45, 7) is 4.52. The molecule has 2 fully saturated rings. The van der Waals surface area contributed by atoms with E-state index >= 15 is 0 Å². The first-order chi connectivity index (χ1) is 19.8. The van der Waals surface area contributed by atoms with E-state index in [-0.39, 0.29) is 35.6 Å². The van der Waals surface area contributed by atoms with Gasteiger partial charge in [-0.1, -0.05) is 29.8 Å². The van der Waals surface area contributed by atoms with Crippen molar-refractivity contribution in [1.29, 1.82) is 0 Å². The van der Waals surface area contributed by atoms with Crippen LogP contribution in [0.5, 0.6) is 5.75 Å². The molecule has 0 radical (unpaired) electrons. The van der Waals surface area contributed by atoms with Crippen LogP contribution in [0.15, 0.2) is 83.0 Å². The average molecular weight is 551 g/mol. The number of para-hydroxylation sites is 1. The molecule has 2 aromatic rings. The van der Waals surface area contributed by atoms with Gasteiger partial charge in [-0.2, -0.15) is 0 Å². The summed E-state index contributed by atoms with van der Waals surface area (Å²) >= 11 is 0. The van der Waals surface area contributed by atoms with Gasteiger partial charge in [-0.3, -0.25) is 24.1 Å². The SMILES string of the molecule is CC1=CC(=O)C2=C(C1=O)[C@@H](c1ccccc1O)C1=CC[C@@H]3C(=O)N(c4ccc(N5CCOCC5)cc4)C(=O)[C@@H]3[C@@H]1C2. The van der Waals surface area contributed by atoms with Gasteiger partial charge in [-0.05, 0) is 62.1 Å². The van der Waals surface area contributed by atoms with Crippen LogP contribution in [0.1, 0.15) is 31.2 Å². The molecule has 7 rings (SSSR count). The zero-order valence-corrected chi connectivity index (χ0v) is 22.7. The molecule has 2 aliphatic heterocycles. The summed E-state index contributed by atoms with van der Waals surface area (Å²) in [5.74, 6) is -3.25. The number of benzene rings is 2. The standard InChI is InChI=1S/C33H30N2O6/c1-18-16-27(37)25-17-24-21(28(30(25)31(18)38)22-4-2-3-5-26(22)36)10-11-23-29(24)33(40)35(32(23)39)20-8-6-19(7-9-20)34-12-14-41-15-13-34/h2-10,16,23-24,28-29,36H,11-15,17H2,1H3/t23-,24+,28+,29-/m0/s1. The molecule has 0 bridgehead atoms. The number of fused-ring (bicyclic) bond motifs is 3. The minimum absolute atomic E-state index is 0.0243. The Balaban J connectivity index is 1.27. The molecule has 2 heterocycles. The highest BCUT2D eigenvalue weighted by molar-refractivity contribution is 6.25. The molecule has 41 heavy (non-hydrogen) atoms. The number of morpholine rings is 1. The number of phenols is 1. The largest absolute Gasteiger partial charge is 0.508 e. The van der Waals surface area contributed by atoms with Gasteiger partial charge in [-0.15, -0.1) is 0 Å². The third-order valence-corrected chi connectivity index (χ3v) is 9.30. The lowest BCUT2D eigenvalue weighted by Crippen LogP contribution is -2.39. The van der Waals surface area contributed by atoms with E-state index in [1.54, 1.807) is 31.2 Å². The number of ketones is 2. The number of carbonyl (C=O) groups is 4. The number of hydrogen-bond donors (Lipinski definition) is 1. The van der Waals surface area contributed by atoms with Gasteiger partial charge in [0.25, 0.3) is 0 Å². The second kappa shape index (κ2) is 9.66. The monoisotopic (exact) mass is 550 g/mol. The summed E-state index contributed by atoms with van der Waals surface area (Å²) in [5.41, 5.74) is 4.02. The first kappa shape index (κ1) is 25.7. The van der Waals surface area contributed by atoms with E-state index in [1.807, 2.05) is 30.3 Å². The van der Waals surface area contributed by atoms with Crippen molar-refractivity contribution in [1.82, 2.24) is 0 Å². The quantitative estimate of drug-likeness (QED) is 0.352. The minimum atomic E-state index is -0.657. The fourth-order valence-corrected chi connectivity index (χ4v) is 7.34. The van der Waals surface area contributed by atoms with Crippen molar-refractivity contribution in [2.45, 2.75) is 25.7 Å². The molecular weight excluding hydrogens is 520 g/mol. The van der Waals surface area contributed by atoms with Gasteiger partial charge in [-0.25, -0.2) is 0 Å². The summed E-state index contributed by atoms with van der Waals surface area (Å²) in [4.78, 5) is 58.1. The number of aromatic hydroxyl groups is 1. The maximum atomic E-state index is 14.1. The summed E-state index contributed by atoms with van der Waals surface area (Å²) in [6.07, 6.45) is 3.90. The number of hydrogen-bond acceptors (Lipinski definition) is 7. The Morgan fingerprint density at radius 3 is 2.32 bits per heavy atom. The molecule has 0 unspecified atom stereocenters. The lowest BCUT2D eigenvalue weighted by molar-refractivity contribution is -0.123. The van der Waals surface area contributed by atoms with Gasteiger partial charge in [0.1, 0.15) is 5.75 Å². The maximum Gasteiger partial charge on any atom is 0.238 e. The van der Waals surface area contributed by atoms with Crippen LogP contribution >= 0.6 is 0 Å². The fourth-order valence-electron chi connectivity index (χ4n) is 7.34. The Morgan fingerprint density at radius 1 is 0.878 bits per heavy atom. The maximum absolute atomic E-state index is 14.1. The molecule has 8 heteroatoms. The van der Waals surface area contributed by atoms with E-state index < -0.39 is 23.7 Å². The summed E-state index contributed by atoms with van der Waals surface area (Å²) in [6, 6.07) is 14.3. The van der Waals surface area contributed by atoms with Crippen LogP contribution in [0, 0.1) is 17.8 Å². The first-order valence-corrected chi connectivity index (χ1v) is 14.1. The molecule has 3 aliphatic carbocycles. The average Bonchev–Trinajstić information content (AvgIpc) is 3.25. The molecule has 208 valence electrons. The summed E-state index contributed by atoms with van der Waals surface area (Å²) < 4.78 is 5.44. The Bertz CT molecular complexity index is 1590. The zero-order valence-electron chi connectivity index (χ0n) is 22.7. The van der Waals surface area contributed by atoms with E-state index in [2.05, 4.69) is 4.90 Å². The van der Waals surface area contributed by atoms with Gasteiger partial charge in [0.05, 0.1) is 30.7 Å². The van der Waals surface area contributed by atoms with Crippen LogP contribution in [-0.2, 0) is 23.9 Å². The van der Waals surface area contributed by atoms with Crippen LogP contribution in [0.3, 0.4) is 0 Å². The summed E-state index contributed by atoms with van der Waals surface area (Å²) in [5, 5.41) is 10.8. The number of amides is 2. The number of allylic oxidation sites excluding steroid dienone is 6. The highest BCUT2D eigenvalue weighted by Crippen LogP contribution is 2.56. The predicted octanol–water partition coefficient (Wildman–Crippen LogP) is 3.86. The lowest BCUT2D eigenvalue weighted by Gasteiger charge is -2.42. The summed E-state index contributed by atoms with van der Waals surface area (Å²) in [7, 11) is 0. The van der Waals surface area contributed by atoms with Crippen molar-refractivity contribution < 1.29 is 29.0 Å². The molecule has 2 saturated heterocycles. The smallest absolute Gasteiger partial charge is 0.238 e. The Labute approximate surface area is 237 Å². The van der Waals surface area contributed by atoms with Gasteiger partial charge >= 0.3 is 0 Å². The Kier molecular flexibility index (Phi) is 6.05. The van der Waals surface area contributed by atoms with E-state index in [9.17, 15) is 24.3 Å². The van der Waals surface area contributed by atoms with Crippen LogP contribution in [0.25, 0.3) is 0 Å². The zero-order chi connectivity index (χ0) is 28.4. The highest BCUT2D eigenvalue weighted by Gasteiger charge is 2.56. The molecule has 0 saturated carbocycles. The van der Waals surface area contributed by atoms with Crippen molar-refractivity contribution in [3.8, 4) is 5.75 Å². The number of phenolic OH excluding ortho intramolecular Hbond substituents is 1. The van der Waals surface area contributed by atoms with Gasteiger partial charge in [0, 0.05) is 47.0 Å². The molecule has 5 aliphatic rings. The van der Waals surface area contributed by atoms with E-state index in [4.69, 9.17) is 4.74 Å². The number of rotatable bonds is 3. The van der Waals surface area contributed by atoms with Crippen LogP contribution in [0.4, 0.5) is 11.4 Å². The first-order valence-electron chi connectivity index (χ1n) is 14.1. The predicted molar refractivity (Wildman–Crippen MR) is 151 cm³/mol. The second-order valence-electron chi connectivity index (χ2n) is 11.4. The number of nitrogens with zero attached hydrogens (tertiary/aromatic N) is 2. The fraction of sp³-hybridized carbons (Fsp3) is 0.333. The van der Waals surface area contributed by atoms with Crippen LogP contribution in [-0.4, -0.2) is 54.8 Å². The Hall–Kier alpha value is -4.30. The minimum Gasteiger partial charge on any atom is -0.508 e. The lowest BCUT2D eigenvalue weighted by atomic mass is 9.59. The third-order valence-electron chi connectivity index (χ3n) is 9.30. The third kappa shape index (κ3) is 3.92. The number of ether oxygens (including phenoxy) is 1. The van der Waals surface area contributed by atoms with Crippen molar-refractivity contribution in [2.75, 3.05) is 36.1 Å².